The van der Waals surface area contributed by atoms with Crippen LogP contribution in [0.1, 0.15) is 6.42 Å². The predicted octanol–water partition coefficient (Wildman–Crippen LogP) is 1.73. The molecule has 2 rings (SSSR count). The number of hydrazone groups is 1. The molecule has 7 nitrogen and oxygen atoms in total. The maximum Gasteiger partial charge on any atom is 0.243 e. The van der Waals surface area contributed by atoms with Crippen LogP contribution < -0.4 is 10.7 Å². The van der Waals surface area contributed by atoms with E-state index in [1.807, 2.05) is 6.26 Å². The normalized spacial score (nSPS) is 16.0. The second kappa shape index (κ2) is 10.1. The number of thiocarbonyl (C=S) groups is 1. The Hall–Kier alpha value is -1.20. The number of morpholine rings is 1. The molecule has 0 atom stereocenters. The number of nitrogens with zero attached hydrogens (tertiary/aromatic N) is 2. The minimum atomic E-state index is -3.48. The highest BCUT2D eigenvalue weighted by Gasteiger charge is 2.26. The van der Waals surface area contributed by atoms with Crippen molar-refractivity contribution in [3.05, 3.63) is 24.3 Å². The van der Waals surface area contributed by atoms with Crippen LogP contribution in [0.5, 0.6) is 0 Å². The summed E-state index contributed by atoms with van der Waals surface area (Å²) in [4.78, 5) is 0.258. The van der Waals surface area contributed by atoms with Crippen LogP contribution in [0.2, 0.25) is 0 Å². The first-order valence-electron chi connectivity index (χ1n) is 7.79. The van der Waals surface area contributed by atoms with Gasteiger partial charge in [0.1, 0.15) is 0 Å². The molecule has 10 heteroatoms. The van der Waals surface area contributed by atoms with E-state index in [2.05, 4.69) is 15.8 Å². The van der Waals surface area contributed by atoms with Gasteiger partial charge in [-0.15, -0.1) is 0 Å². The molecule has 0 spiro atoms. The molecule has 0 unspecified atom stereocenters. The van der Waals surface area contributed by atoms with E-state index in [-0.39, 0.29) is 4.90 Å². The Morgan fingerprint density at radius 2 is 2.04 bits per heavy atom. The van der Waals surface area contributed by atoms with Gasteiger partial charge in [-0.05, 0) is 54.9 Å². The topological polar surface area (TPSA) is 83.0 Å². The van der Waals surface area contributed by atoms with E-state index in [1.54, 1.807) is 42.2 Å². The number of sulfonamides is 1. The van der Waals surface area contributed by atoms with Gasteiger partial charge in [0.25, 0.3) is 0 Å². The molecular weight excluding hydrogens is 380 g/mol. The molecule has 0 amide bonds. The molecule has 0 bridgehead atoms. The molecule has 138 valence electrons. The molecule has 0 aromatic heterocycles. The summed E-state index contributed by atoms with van der Waals surface area (Å²) >= 11 is 6.89. The van der Waals surface area contributed by atoms with Crippen molar-refractivity contribution >= 4 is 51.0 Å². The quantitative estimate of drug-likeness (QED) is 0.311. The second-order valence-electron chi connectivity index (χ2n) is 5.20. The number of hydrogen-bond acceptors (Lipinski definition) is 6. The number of anilines is 1. The smallest absolute Gasteiger partial charge is 0.243 e. The lowest BCUT2D eigenvalue weighted by molar-refractivity contribution is 0.0730. The minimum absolute atomic E-state index is 0.258. The van der Waals surface area contributed by atoms with Gasteiger partial charge in [0.15, 0.2) is 5.11 Å². The summed E-state index contributed by atoms with van der Waals surface area (Å²) in [5, 5.41) is 7.33. The molecular formula is C15H22N4O3S3. The van der Waals surface area contributed by atoms with E-state index in [4.69, 9.17) is 17.0 Å². The number of nitrogens with one attached hydrogen (secondary N) is 2. The Bertz CT molecular complexity index is 686. The largest absolute Gasteiger partial charge is 0.379 e. The fourth-order valence-corrected chi connectivity index (χ4v) is 4.06. The summed E-state index contributed by atoms with van der Waals surface area (Å²) in [5.41, 5.74) is 3.42. The average Bonchev–Trinajstić information content (AvgIpc) is 2.63. The summed E-state index contributed by atoms with van der Waals surface area (Å²) < 4.78 is 31.7. The zero-order valence-corrected chi connectivity index (χ0v) is 16.4. The van der Waals surface area contributed by atoms with Crippen LogP contribution in [0.3, 0.4) is 0 Å². The molecule has 1 saturated heterocycles. The highest BCUT2D eigenvalue weighted by atomic mass is 32.2. The molecule has 1 heterocycles. The number of benzene rings is 1. The summed E-state index contributed by atoms with van der Waals surface area (Å²) in [6.45, 7) is 1.61. The molecule has 1 aliphatic heterocycles. The Kier molecular flexibility index (Phi) is 8.10. The average molecular weight is 403 g/mol. The summed E-state index contributed by atoms with van der Waals surface area (Å²) in [6, 6.07) is 6.49. The van der Waals surface area contributed by atoms with E-state index in [0.717, 1.165) is 12.2 Å². The molecule has 2 N–H and O–H groups in total. The van der Waals surface area contributed by atoms with E-state index >= 15 is 0 Å². The van der Waals surface area contributed by atoms with Gasteiger partial charge >= 0.3 is 0 Å². The Morgan fingerprint density at radius 1 is 1.36 bits per heavy atom. The molecule has 1 aromatic carbocycles. The van der Waals surface area contributed by atoms with Crippen molar-refractivity contribution in [1.82, 2.24) is 9.73 Å². The first-order valence-corrected chi connectivity index (χ1v) is 11.0. The lowest BCUT2D eigenvalue weighted by Gasteiger charge is -2.26. The van der Waals surface area contributed by atoms with Crippen LogP contribution in [0, 0.1) is 0 Å². The van der Waals surface area contributed by atoms with Gasteiger partial charge in [0.05, 0.1) is 18.1 Å². The fraction of sp³-hybridized carbons (Fsp3) is 0.467. The number of rotatable bonds is 7. The predicted molar refractivity (Wildman–Crippen MR) is 107 cm³/mol. The van der Waals surface area contributed by atoms with Gasteiger partial charge in [-0.25, -0.2) is 8.42 Å². The Morgan fingerprint density at radius 3 is 2.68 bits per heavy atom. The minimum Gasteiger partial charge on any atom is -0.379 e. The standard InChI is InChI=1S/C15H22N4O3S3/c1-24-12-2-7-16-18-15(23)17-13-3-5-14(6-4-13)25(20,21)19-8-10-22-11-9-19/h3-7H,2,8-12H2,1H3,(H2,17,18,23)/b16-7-. The van der Waals surface area contributed by atoms with Crippen molar-refractivity contribution < 1.29 is 13.2 Å². The SMILES string of the molecule is CSCC/C=N\NC(=S)Nc1ccc(S(=O)(=O)N2CCOCC2)cc1. The van der Waals surface area contributed by atoms with Crippen LogP contribution in [-0.2, 0) is 14.8 Å². The molecule has 25 heavy (non-hydrogen) atoms. The van der Waals surface area contributed by atoms with Crippen LogP contribution in [0.25, 0.3) is 0 Å². The van der Waals surface area contributed by atoms with Crippen LogP contribution in [0.15, 0.2) is 34.3 Å². The van der Waals surface area contributed by atoms with Crippen molar-refractivity contribution in [1.29, 1.82) is 0 Å². The van der Waals surface area contributed by atoms with Crippen molar-refractivity contribution in [2.45, 2.75) is 11.3 Å². The van der Waals surface area contributed by atoms with Crippen molar-refractivity contribution in [2.24, 2.45) is 5.10 Å². The van der Waals surface area contributed by atoms with Crippen molar-refractivity contribution in [3.63, 3.8) is 0 Å². The second-order valence-corrected chi connectivity index (χ2v) is 8.53. The summed E-state index contributed by atoms with van der Waals surface area (Å²) in [5.74, 6) is 1.00. The number of ether oxygens (including phenoxy) is 1. The fourth-order valence-electron chi connectivity index (χ4n) is 2.14. The zero-order chi connectivity index (χ0) is 18.1. The van der Waals surface area contributed by atoms with Gasteiger partial charge < -0.3 is 10.1 Å². The Balaban J connectivity index is 1.91. The van der Waals surface area contributed by atoms with Gasteiger partial charge in [-0.1, -0.05) is 0 Å². The molecule has 1 aromatic rings. The van der Waals surface area contributed by atoms with Gasteiger partial charge in [0.2, 0.25) is 10.0 Å². The van der Waals surface area contributed by atoms with E-state index < -0.39 is 10.0 Å². The summed E-state index contributed by atoms with van der Waals surface area (Å²) in [7, 11) is -3.48. The van der Waals surface area contributed by atoms with Gasteiger partial charge in [0, 0.05) is 25.0 Å². The van der Waals surface area contributed by atoms with Crippen molar-refractivity contribution in [2.75, 3.05) is 43.6 Å². The first kappa shape index (κ1) is 20.1. The van der Waals surface area contributed by atoms with E-state index in [1.165, 1.54) is 4.31 Å². The molecule has 1 fully saturated rings. The first-order chi connectivity index (χ1) is 12.0. The van der Waals surface area contributed by atoms with E-state index in [0.29, 0.717) is 37.1 Å². The zero-order valence-electron chi connectivity index (χ0n) is 14.0. The third-order valence-electron chi connectivity index (χ3n) is 3.43. The van der Waals surface area contributed by atoms with Crippen LogP contribution in [-0.4, -0.2) is 62.4 Å². The molecule has 1 aliphatic rings. The van der Waals surface area contributed by atoms with Crippen molar-refractivity contribution in [3.8, 4) is 0 Å². The lowest BCUT2D eigenvalue weighted by Crippen LogP contribution is -2.40. The number of thioether (sulfide) groups is 1. The lowest BCUT2D eigenvalue weighted by atomic mass is 10.3. The Labute approximate surface area is 158 Å². The van der Waals surface area contributed by atoms with Gasteiger partial charge in [-0.3, -0.25) is 5.43 Å². The summed E-state index contributed by atoms with van der Waals surface area (Å²) in [6.07, 6.45) is 4.67. The molecule has 0 saturated carbocycles. The molecule has 0 radical (unpaired) electrons. The third-order valence-corrected chi connectivity index (χ3v) is 6.18. The monoisotopic (exact) mass is 402 g/mol. The third kappa shape index (κ3) is 6.23. The number of hydrogen-bond donors (Lipinski definition) is 2. The highest BCUT2D eigenvalue weighted by molar-refractivity contribution is 7.98. The molecule has 0 aliphatic carbocycles. The maximum absolute atomic E-state index is 12.5. The van der Waals surface area contributed by atoms with Crippen LogP contribution in [0.4, 0.5) is 5.69 Å². The van der Waals surface area contributed by atoms with Crippen LogP contribution >= 0.6 is 24.0 Å². The maximum atomic E-state index is 12.5. The van der Waals surface area contributed by atoms with Gasteiger partial charge in [-0.2, -0.15) is 21.2 Å². The van der Waals surface area contributed by atoms with E-state index in [9.17, 15) is 8.42 Å². The highest BCUT2D eigenvalue weighted by Crippen LogP contribution is 2.19.